The number of aryl methyl sites for hydroxylation is 1. The van der Waals surface area contributed by atoms with Crippen LogP contribution in [0.4, 0.5) is 5.69 Å². The second-order valence-electron chi connectivity index (χ2n) is 6.96. The van der Waals surface area contributed by atoms with Crippen molar-refractivity contribution in [3.8, 4) is 0 Å². The Labute approximate surface area is 155 Å². The summed E-state index contributed by atoms with van der Waals surface area (Å²) in [5, 5.41) is 2.80. The van der Waals surface area contributed by atoms with Crippen LogP contribution in [0.25, 0.3) is 0 Å². The van der Waals surface area contributed by atoms with E-state index in [9.17, 15) is 13.2 Å². The Hall–Kier alpha value is -2.18. The van der Waals surface area contributed by atoms with Crippen LogP contribution in [-0.4, -0.2) is 31.7 Å². The fraction of sp³-hybridized carbons (Fsp3) is 0.350. The van der Waals surface area contributed by atoms with Gasteiger partial charge < -0.3 is 5.32 Å². The van der Waals surface area contributed by atoms with E-state index < -0.39 is 10.0 Å². The van der Waals surface area contributed by atoms with Crippen LogP contribution in [0.3, 0.4) is 0 Å². The van der Waals surface area contributed by atoms with Crippen LogP contribution in [0.15, 0.2) is 53.4 Å². The number of piperidine rings is 1. The summed E-state index contributed by atoms with van der Waals surface area (Å²) in [5.74, 6) is 0.167. The van der Waals surface area contributed by atoms with Gasteiger partial charge in [-0.15, -0.1) is 0 Å². The lowest BCUT2D eigenvalue weighted by Gasteiger charge is -2.30. The quantitative estimate of drug-likeness (QED) is 0.890. The summed E-state index contributed by atoms with van der Waals surface area (Å²) in [6.45, 7) is 5.14. The molecule has 1 fully saturated rings. The second-order valence-corrected chi connectivity index (χ2v) is 8.90. The molecule has 26 heavy (non-hydrogen) atoms. The van der Waals surface area contributed by atoms with Crippen molar-refractivity contribution >= 4 is 21.6 Å². The van der Waals surface area contributed by atoms with E-state index in [1.807, 2.05) is 25.1 Å². The molecule has 3 rings (SSSR count). The smallest absolute Gasteiger partial charge is 0.255 e. The summed E-state index contributed by atoms with van der Waals surface area (Å²) in [5.41, 5.74) is 2.15. The standard InChI is InChI=1S/C20H24N2O3S/c1-15-5-3-7-17(13-15)20(23)21-18-8-10-19(11-9-18)26(24,25)22-12-4-6-16(2)14-22/h3,5,7-11,13,16H,4,6,12,14H2,1-2H3,(H,21,23). The van der Waals surface area contributed by atoms with Crippen molar-refractivity contribution in [2.45, 2.75) is 31.6 Å². The fourth-order valence-electron chi connectivity index (χ4n) is 3.21. The fourth-order valence-corrected chi connectivity index (χ4v) is 4.81. The number of nitrogens with zero attached hydrogens (tertiary/aromatic N) is 1. The average Bonchev–Trinajstić information content (AvgIpc) is 2.62. The average molecular weight is 372 g/mol. The number of carbonyl (C=O) groups excluding carboxylic acids is 1. The molecule has 2 aromatic carbocycles. The maximum absolute atomic E-state index is 12.8. The first-order valence-corrected chi connectivity index (χ1v) is 10.3. The highest BCUT2D eigenvalue weighted by Gasteiger charge is 2.28. The zero-order valence-corrected chi connectivity index (χ0v) is 15.9. The Morgan fingerprint density at radius 3 is 2.54 bits per heavy atom. The van der Waals surface area contributed by atoms with Crippen molar-refractivity contribution in [3.63, 3.8) is 0 Å². The Morgan fingerprint density at radius 1 is 1.15 bits per heavy atom. The molecule has 1 N–H and O–H groups in total. The van der Waals surface area contributed by atoms with Crippen molar-refractivity contribution in [2.75, 3.05) is 18.4 Å². The molecule has 0 spiro atoms. The van der Waals surface area contributed by atoms with Gasteiger partial charge in [-0.2, -0.15) is 4.31 Å². The molecule has 0 aliphatic carbocycles. The van der Waals surface area contributed by atoms with Gasteiger partial charge in [0.15, 0.2) is 0 Å². The molecule has 1 heterocycles. The van der Waals surface area contributed by atoms with Crippen molar-refractivity contribution in [3.05, 3.63) is 59.7 Å². The summed E-state index contributed by atoms with van der Waals surface area (Å²) in [7, 11) is -3.48. The minimum atomic E-state index is -3.48. The third kappa shape index (κ3) is 4.14. The third-order valence-electron chi connectivity index (χ3n) is 4.65. The molecule has 0 radical (unpaired) electrons. The number of benzene rings is 2. The van der Waals surface area contributed by atoms with Crippen LogP contribution in [-0.2, 0) is 10.0 Å². The summed E-state index contributed by atoms with van der Waals surface area (Å²) in [6, 6.07) is 13.7. The Morgan fingerprint density at radius 2 is 1.88 bits per heavy atom. The van der Waals surface area contributed by atoms with Gasteiger partial charge in [0.1, 0.15) is 0 Å². The molecule has 1 unspecified atom stereocenters. The van der Waals surface area contributed by atoms with Crippen LogP contribution in [0.1, 0.15) is 35.7 Å². The van der Waals surface area contributed by atoms with Gasteiger partial charge in [0.05, 0.1) is 4.90 Å². The van der Waals surface area contributed by atoms with Gasteiger partial charge in [-0.05, 0) is 62.1 Å². The third-order valence-corrected chi connectivity index (χ3v) is 6.53. The molecule has 138 valence electrons. The van der Waals surface area contributed by atoms with E-state index in [-0.39, 0.29) is 10.8 Å². The highest BCUT2D eigenvalue weighted by atomic mass is 32.2. The van der Waals surface area contributed by atoms with Crippen LogP contribution < -0.4 is 5.32 Å². The van der Waals surface area contributed by atoms with E-state index in [0.29, 0.717) is 30.3 Å². The first kappa shape index (κ1) is 18.6. The first-order valence-electron chi connectivity index (χ1n) is 8.84. The highest BCUT2D eigenvalue weighted by Crippen LogP contribution is 2.24. The van der Waals surface area contributed by atoms with Gasteiger partial charge in [-0.25, -0.2) is 8.42 Å². The molecule has 1 atom stereocenters. The minimum absolute atomic E-state index is 0.214. The van der Waals surface area contributed by atoms with E-state index in [1.54, 1.807) is 34.6 Å². The normalized spacial score (nSPS) is 18.5. The molecule has 0 saturated carbocycles. The summed E-state index contributed by atoms with van der Waals surface area (Å²) in [6.07, 6.45) is 1.96. The van der Waals surface area contributed by atoms with Crippen LogP contribution in [0.5, 0.6) is 0 Å². The number of amides is 1. The lowest BCUT2D eigenvalue weighted by molar-refractivity contribution is 0.102. The van der Waals surface area contributed by atoms with Gasteiger partial charge in [0.25, 0.3) is 5.91 Å². The number of sulfonamides is 1. The monoisotopic (exact) mass is 372 g/mol. The SMILES string of the molecule is Cc1cccc(C(=O)Nc2ccc(S(=O)(=O)N3CCCC(C)C3)cc2)c1. The Bertz CT molecular complexity index is 892. The Kier molecular flexibility index (Phi) is 5.44. The van der Waals surface area contributed by atoms with Crippen molar-refractivity contribution in [2.24, 2.45) is 5.92 Å². The Balaban J connectivity index is 1.73. The minimum Gasteiger partial charge on any atom is -0.322 e. The lowest BCUT2D eigenvalue weighted by Crippen LogP contribution is -2.39. The maximum Gasteiger partial charge on any atom is 0.255 e. The summed E-state index contributed by atoms with van der Waals surface area (Å²) < 4.78 is 27.1. The van der Waals surface area contributed by atoms with E-state index in [0.717, 1.165) is 18.4 Å². The van der Waals surface area contributed by atoms with Gasteiger partial charge in [0, 0.05) is 24.3 Å². The predicted octanol–water partition coefficient (Wildman–Crippen LogP) is 3.67. The second kappa shape index (κ2) is 7.60. The topological polar surface area (TPSA) is 66.5 Å². The molecule has 6 heteroatoms. The molecule has 5 nitrogen and oxygen atoms in total. The van der Waals surface area contributed by atoms with Gasteiger partial charge in [0.2, 0.25) is 10.0 Å². The number of hydrogen-bond acceptors (Lipinski definition) is 3. The first-order chi connectivity index (χ1) is 12.4. The molecular weight excluding hydrogens is 348 g/mol. The van der Waals surface area contributed by atoms with Crippen LogP contribution >= 0.6 is 0 Å². The number of nitrogens with one attached hydrogen (secondary N) is 1. The van der Waals surface area contributed by atoms with E-state index >= 15 is 0 Å². The van der Waals surface area contributed by atoms with Crippen LogP contribution in [0, 0.1) is 12.8 Å². The van der Waals surface area contributed by atoms with Gasteiger partial charge in [-0.3, -0.25) is 4.79 Å². The largest absolute Gasteiger partial charge is 0.322 e. The van der Waals surface area contributed by atoms with E-state index in [1.165, 1.54) is 0 Å². The lowest BCUT2D eigenvalue weighted by atomic mass is 10.0. The molecule has 1 amide bonds. The number of carbonyl (C=O) groups is 1. The van der Waals surface area contributed by atoms with Crippen molar-refractivity contribution in [1.29, 1.82) is 0 Å². The zero-order valence-electron chi connectivity index (χ0n) is 15.1. The molecule has 0 bridgehead atoms. The van der Waals surface area contributed by atoms with Crippen LogP contribution in [0.2, 0.25) is 0 Å². The maximum atomic E-state index is 12.8. The summed E-state index contributed by atoms with van der Waals surface area (Å²) in [4.78, 5) is 12.6. The highest BCUT2D eigenvalue weighted by molar-refractivity contribution is 7.89. The van der Waals surface area contributed by atoms with Crippen molar-refractivity contribution in [1.82, 2.24) is 4.31 Å². The molecule has 2 aromatic rings. The predicted molar refractivity (Wildman–Crippen MR) is 103 cm³/mol. The molecule has 1 aliphatic heterocycles. The number of hydrogen-bond donors (Lipinski definition) is 1. The molecular formula is C20H24N2O3S. The van der Waals surface area contributed by atoms with Crippen molar-refractivity contribution < 1.29 is 13.2 Å². The zero-order chi connectivity index (χ0) is 18.7. The number of anilines is 1. The summed E-state index contributed by atoms with van der Waals surface area (Å²) >= 11 is 0. The molecule has 0 aromatic heterocycles. The van der Waals surface area contributed by atoms with E-state index in [2.05, 4.69) is 12.2 Å². The van der Waals surface area contributed by atoms with Gasteiger partial charge >= 0.3 is 0 Å². The molecule has 1 aliphatic rings. The van der Waals surface area contributed by atoms with Gasteiger partial charge in [-0.1, -0.05) is 24.6 Å². The van der Waals surface area contributed by atoms with E-state index in [4.69, 9.17) is 0 Å². The number of rotatable bonds is 4. The molecule has 1 saturated heterocycles.